The molecule has 1 aliphatic heterocycles. The first kappa shape index (κ1) is 20.8. The van der Waals surface area contributed by atoms with Crippen LogP contribution in [0.15, 0.2) is 47.3 Å². The summed E-state index contributed by atoms with van der Waals surface area (Å²) >= 11 is 4.97. The van der Waals surface area contributed by atoms with Crippen LogP contribution in [0.25, 0.3) is 5.00 Å². The minimum absolute atomic E-state index is 0.000170. The van der Waals surface area contributed by atoms with E-state index in [1.165, 1.54) is 0 Å². The molecule has 1 atom stereocenters. The maximum atomic E-state index is 13.5. The van der Waals surface area contributed by atoms with Crippen LogP contribution in [-0.2, 0) is 4.79 Å². The van der Waals surface area contributed by atoms with Crippen molar-refractivity contribution < 1.29 is 9.59 Å². The van der Waals surface area contributed by atoms with Gasteiger partial charge in [-0.2, -0.15) is 0 Å². The summed E-state index contributed by atoms with van der Waals surface area (Å²) in [6.45, 7) is 5.13. The van der Waals surface area contributed by atoms with Gasteiger partial charge in [0.05, 0.1) is 11.5 Å². The van der Waals surface area contributed by atoms with E-state index in [1.54, 1.807) is 23.6 Å². The van der Waals surface area contributed by atoms with E-state index >= 15 is 0 Å². The number of hydrogen-bond acceptors (Lipinski definition) is 4. The number of aromatic nitrogens is 2. The first-order valence-corrected chi connectivity index (χ1v) is 11.5. The van der Waals surface area contributed by atoms with Gasteiger partial charge in [0.1, 0.15) is 10.8 Å². The quantitative estimate of drug-likeness (QED) is 0.575. The molecular formula is C22H23BrN4O2S. The van der Waals surface area contributed by atoms with Crippen LogP contribution in [0.3, 0.4) is 0 Å². The zero-order valence-corrected chi connectivity index (χ0v) is 19.3. The van der Waals surface area contributed by atoms with Gasteiger partial charge in [-0.3, -0.25) is 9.59 Å². The number of pyridine rings is 1. The van der Waals surface area contributed by atoms with E-state index in [-0.39, 0.29) is 17.7 Å². The average molecular weight is 487 g/mol. The van der Waals surface area contributed by atoms with Crippen molar-refractivity contribution >= 4 is 44.9 Å². The molecular weight excluding hydrogens is 464 g/mol. The van der Waals surface area contributed by atoms with Crippen LogP contribution in [0.5, 0.6) is 0 Å². The molecule has 0 saturated carbocycles. The molecule has 1 aliphatic rings. The molecule has 3 aromatic rings. The van der Waals surface area contributed by atoms with Crippen LogP contribution >= 0.6 is 27.3 Å². The molecule has 4 heterocycles. The van der Waals surface area contributed by atoms with E-state index in [4.69, 9.17) is 0 Å². The van der Waals surface area contributed by atoms with Gasteiger partial charge in [-0.05, 0) is 72.4 Å². The summed E-state index contributed by atoms with van der Waals surface area (Å²) in [6, 6.07) is 7.50. The molecule has 30 heavy (non-hydrogen) atoms. The molecule has 8 heteroatoms. The molecule has 0 aliphatic carbocycles. The Kier molecular flexibility index (Phi) is 6.06. The number of likely N-dealkylation sites (tertiary alicyclic amines) is 1. The van der Waals surface area contributed by atoms with Crippen LogP contribution in [0.1, 0.15) is 33.6 Å². The Morgan fingerprint density at radius 3 is 2.70 bits per heavy atom. The number of halogens is 1. The summed E-state index contributed by atoms with van der Waals surface area (Å²) in [5.41, 5.74) is 1.75. The lowest BCUT2D eigenvalue weighted by molar-refractivity contribution is -0.121. The Balaban J connectivity index is 1.52. The summed E-state index contributed by atoms with van der Waals surface area (Å²) in [5, 5.41) is 3.81. The van der Waals surface area contributed by atoms with Gasteiger partial charge < -0.3 is 14.8 Å². The predicted octanol–water partition coefficient (Wildman–Crippen LogP) is 4.80. The number of nitrogens with zero attached hydrogens (tertiary/aromatic N) is 3. The molecule has 1 saturated heterocycles. The highest BCUT2D eigenvalue weighted by Crippen LogP contribution is 2.33. The molecule has 4 rings (SSSR count). The number of piperidine rings is 1. The molecule has 0 radical (unpaired) electrons. The molecule has 1 fully saturated rings. The van der Waals surface area contributed by atoms with Crippen molar-refractivity contribution in [2.75, 3.05) is 18.4 Å². The van der Waals surface area contributed by atoms with Crippen molar-refractivity contribution in [3.63, 3.8) is 0 Å². The number of carbonyl (C=O) groups is 2. The third kappa shape index (κ3) is 4.20. The predicted molar refractivity (Wildman–Crippen MR) is 122 cm³/mol. The van der Waals surface area contributed by atoms with Gasteiger partial charge in [0, 0.05) is 41.0 Å². The van der Waals surface area contributed by atoms with Gasteiger partial charge in [-0.1, -0.05) is 0 Å². The fraction of sp³-hybridized carbons (Fsp3) is 0.318. The molecule has 0 bridgehead atoms. The minimum Gasteiger partial charge on any atom is -0.338 e. The molecule has 3 aromatic heterocycles. The second-order valence-electron chi connectivity index (χ2n) is 7.49. The fourth-order valence-electron chi connectivity index (χ4n) is 3.72. The molecule has 6 nitrogen and oxygen atoms in total. The van der Waals surface area contributed by atoms with Crippen molar-refractivity contribution in [2.24, 2.45) is 5.92 Å². The third-order valence-corrected chi connectivity index (χ3v) is 7.17. The second-order valence-corrected chi connectivity index (χ2v) is 9.61. The monoisotopic (exact) mass is 486 g/mol. The van der Waals surface area contributed by atoms with Crippen molar-refractivity contribution in [1.82, 2.24) is 14.5 Å². The van der Waals surface area contributed by atoms with Gasteiger partial charge >= 0.3 is 0 Å². The van der Waals surface area contributed by atoms with Crippen LogP contribution in [0.2, 0.25) is 0 Å². The number of nitrogens with one attached hydrogen (secondary N) is 1. The van der Waals surface area contributed by atoms with E-state index < -0.39 is 0 Å². The van der Waals surface area contributed by atoms with Crippen molar-refractivity contribution in [3.05, 3.63) is 63.3 Å². The second kappa shape index (κ2) is 8.73. The third-order valence-electron chi connectivity index (χ3n) is 5.48. The number of aryl methyl sites for hydroxylation is 1. The van der Waals surface area contributed by atoms with Gasteiger partial charge in [0.2, 0.25) is 5.91 Å². The summed E-state index contributed by atoms with van der Waals surface area (Å²) in [6.07, 6.45) is 7.13. The van der Waals surface area contributed by atoms with Crippen molar-refractivity contribution in [1.29, 1.82) is 0 Å². The first-order valence-electron chi connectivity index (χ1n) is 9.89. The smallest absolute Gasteiger partial charge is 0.257 e. The van der Waals surface area contributed by atoms with Gasteiger partial charge in [0.15, 0.2) is 0 Å². The Hall–Kier alpha value is -2.45. The van der Waals surface area contributed by atoms with Gasteiger partial charge in [0.25, 0.3) is 5.91 Å². The Labute approximate surface area is 188 Å². The van der Waals surface area contributed by atoms with E-state index in [1.807, 2.05) is 53.9 Å². The maximum absolute atomic E-state index is 13.5. The van der Waals surface area contributed by atoms with Crippen LogP contribution in [0.4, 0.5) is 5.82 Å². The summed E-state index contributed by atoms with van der Waals surface area (Å²) in [4.78, 5) is 33.4. The van der Waals surface area contributed by atoms with E-state index in [9.17, 15) is 9.59 Å². The Morgan fingerprint density at radius 1 is 1.23 bits per heavy atom. The summed E-state index contributed by atoms with van der Waals surface area (Å²) in [7, 11) is 0. The minimum atomic E-state index is -0.247. The average Bonchev–Trinajstić information content (AvgIpc) is 3.38. The topological polar surface area (TPSA) is 67.2 Å². The normalized spacial score (nSPS) is 16.5. The lowest BCUT2D eigenvalue weighted by Crippen LogP contribution is -2.44. The van der Waals surface area contributed by atoms with E-state index in [2.05, 4.69) is 26.2 Å². The molecule has 156 valence electrons. The number of anilines is 1. The van der Waals surface area contributed by atoms with Crippen molar-refractivity contribution in [2.45, 2.75) is 26.7 Å². The molecule has 0 aromatic carbocycles. The highest BCUT2D eigenvalue weighted by Gasteiger charge is 2.32. The molecule has 1 unspecified atom stereocenters. The zero-order valence-electron chi connectivity index (χ0n) is 16.9. The lowest BCUT2D eigenvalue weighted by Gasteiger charge is -2.32. The van der Waals surface area contributed by atoms with Crippen molar-refractivity contribution in [3.8, 4) is 5.00 Å². The summed E-state index contributed by atoms with van der Waals surface area (Å²) in [5.74, 6) is 0.181. The largest absolute Gasteiger partial charge is 0.338 e. The van der Waals surface area contributed by atoms with Crippen LogP contribution in [-0.4, -0.2) is 39.4 Å². The highest BCUT2D eigenvalue weighted by atomic mass is 79.9. The highest BCUT2D eigenvalue weighted by molar-refractivity contribution is 9.10. The molecule has 0 spiro atoms. The standard InChI is InChI=1S/C22H23BrN4O2S/c1-14-15(2)30-22(26-9-3-4-10-26)19(14)21(29)27-11-5-6-16(13-27)20(28)25-18-8-7-17(23)12-24-18/h3-4,7-10,12,16H,5-6,11,13H2,1-2H3,(H,24,25,28). The Bertz CT molecular complexity index is 1060. The first-order chi connectivity index (χ1) is 14.4. The van der Waals surface area contributed by atoms with E-state index in [0.29, 0.717) is 18.9 Å². The number of hydrogen-bond donors (Lipinski definition) is 1. The van der Waals surface area contributed by atoms with Gasteiger partial charge in [-0.15, -0.1) is 11.3 Å². The zero-order chi connectivity index (χ0) is 21.3. The number of carbonyl (C=O) groups excluding carboxylic acids is 2. The lowest BCUT2D eigenvalue weighted by atomic mass is 9.96. The molecule has 2 amide bonds. The SMILES string of the molecule is Cc1sc(-n2cccc2)c(C(=O)N2CCCC(C(=O)Nc3ccc(Br)cn3)C2)c1C. The van der Waals surface area contributed by atoms with Gasteiger partial charge in [-0.25, -0.2) is 4.98 Å². The Morgan fingerprint density at radius 2 is 2.00 bits per heavy atom. The summed E-state index contributed by atoms with van der Waals surface area (Å²) < 4.78 is 2.85. The number of amides is 2. The maximum Gasteiger partial charge on any atom is 0.257 e. The number of thiophene rings is 1. The fourth-order valence-corrected chi connectivity index (χ4v) is 5.07. The molecule has 1 N–H and O–H groups in total. The van der Waals surface area contributed by atoms with Crippen LogP contribution < -0.4 is 5.32 Å². The number of rotatable bonds is 4. The van der Waals surface area contributed by atoms with E-state index in [0.717, 1.165) is 38.3 Å². The van der Waals surface area contributed by atoms with Crippen LogP contribution in [0, 0.1) is 19.8 Å².